The first-order chi connectivity index (χ1) is 14.0. The maximum Gasteiger partial charge on any atom is 0.414 e. The van der Waals surface area contributed by atoms with Crippen molar-refractivity contribution < 1.29 is 18.7 Å². The van der Waals surface area contributed by atoms with Crippen molar-refractivity contribution in [2.45, 2.75) is 13.0 Å². The van der Waals surface area contributed by atoms with Gasteiger partial charge in [0.25, 0.3) is 0 Å². The fourth-order valence-corrected chi connectivity index (χ4v) is 3.40. The summed E-state index contributed by atoms with van der Waals surface area (Å²) in [6.07, 6.45) is -1.02. The van der Waals surface area contributed by atoms with Crippen LogP contribution in [-0.4, -0.2) is 50.1 Å². The Hall–Kier alpha value is -3.42. The second-order valence-corrected chi connectivity index (χ2v) is 6.95. The van der Waals surface area contributed by atoms with E-state index in [-0.39, 0.29) is 19.0 Å². The van der Waals surface area contributed by atoms with Crippen molar-refractivity contribution in [1.29, 1.82) is 0 Å². The number of benzene rings is 2. The standard InChI is InChI=1S/C21H21FN4O3/c1-13(27)25-11-17-12-26(21(28)29-17)16-6-7-18(19(22)10-16)14-2-4-15(5-3-14)20-23-8-9-24-20/h2-7,10,17H,8-9,11-12H2,1H3,(H,23,24)(H,25,27). The zero-order valence-corrected chi connectivity index (χ0v) is 15.9. The lowest BCUT2D eigenvalue weighted by Gasteiger charge is -2.15. The summed E-state index contributed by atoms with van der Waals surface area (Å²) in [6.45, 7) is 3.47. The summed E-state index contributed by atoms with van der Waals surface area (Å²) in [4.78, 5) is 28.9. The predicted octanol–water partition coefficient (Wildman–Crippen LogP) is 2.30. The number of carbonyl (C=O) groups is 2. The average molecular weight is 396 g/mol. The van der Waals surface area contributed by atoms with Gasteiger partial charge in [-0.1, -0.05) is 24.3 Å². The molecule has 2 N–H and O–H groups in total. The highest BCUT2D eigenvalue weighted by molar-refractivity contribution is 6.00. The number of halogens is 1. The maximum absolute atomic E-state index is 14.8. The smallest absolute Gasteiger partial charge is 0.414 e. The summed E-state index contributed by atoms with van der Waals surface area (Å²) in [7, 11) is 0. The largest absolute Gasteiger partial charge is 0.442 e. The lowest BCUT2D eigenvalue weighted by Crippen LogP contribution is -2.33. The van der Waals surface area contributed by atoms with Gasteiger partial charge in [-0.15, -0.1) is 0 Å². The van der Waals surface area contributed by atoms with E-state index in [1.165, 1.54) is 17.9 Å². The van der Waals surface area contributed by atoms with Gasteiger partial charge in [0.2, 0.25) is 5.91 Å². The first-order valence-electron chi connectivity index (χ1n) is 9.42. The van der Waals surface area contributed by atoms with Crippen molar-refractivity contribution in [3.63, 3.8) is 0 Å². The molecule has 2 heterocycles. The van der Waals surface area contributed by atoms with Crippen LogP contribution in [0.15, 0.2) is 47.5 Å². The second-order valence-electron chi connectivity index (χ2n) is 6.95. The summed E-state index contributed by atoms with van der Waals surface area (Å²) in [5.41, 5.74) is 2.57. The number of amides is 2. The third-order valence-electron chi connectivity index (χ3n) is 4.86. The number of nitrogens with zero attached hydrogens (tertiary/aromatic N) is 2. The summed E-state index contributed by atoms with van der Waals surface area (Å²) < 4.78 is 20.0. The predicted molar refractivity (Wildman–Crippen MR) is 108 cm³/mol. The summed E-state index contributed by atoms with van der Waals surface area (Å²) in [6, 6.07) is 12.2. The molecule has 150 valence electrons. The Morgan fingerprint density at radius 2 is 2.03 bits per heavy atom. The molecule has 8 heteroatoms. The minimum atomic E-state index is -0.554. The van der Waals surface area contributed by atoms with Gasteiger partial charge in [0.1, 0.15) is 17.8 Å². The minimum absolute atomic E-state index is 0.198. The van der Waals surface area contributed by atoms with Crippen LogP contribution >= 0.6 is 0 Å². The molecule has 7 nitrogen and oxygen atoms in total. The molecule has 0 saturated carbocycles. The molecule has 29 heavy (non-hydrogen) atoms. The van der Waals surface area contributed by atoms with Crippen molar-refractivity contribution in [2.75, 3.05) is 31.1 Å². The topological polar surface area (TPSA) is 83.0 Å². The normalized spacial score (nSPS) is 18.3. The molecule has 0 radical (unpaired) electrons. The highest BCUT2D eigenvalue weighted by Gasteiger charge is 2.32. The van der Waals surface area contributed by atoms with Crippen LogP contribution < -0.4 is 15.5 Å². The molecule has 2 aliphatic heterocycles. The van der Waals surface area contributed by atoms with Gasteiger partial charge >= 0.3 is 6.09 Å². The minimum Gasteiger partial charge on any atom is -0.442 e. The molecule has 4 rings (SSSR count). The van der Waals surface area contributed by atoms with Crippen molar-refractivity contribution in [3.8, 4) is 11.1 Å². The number of carbonyl (C=O) groups excluding carboxylic acids is 2. The molecule has 1 fully saturated rings. The number of ether oxygens (including phenoxy) is 1. The van der Waals surface area contributed by atoms with E-state index in [1.807, 2.05) is 24.3 Å². The van der Waals surface area contributed by atoms with E-state index in [0.717, 1.165) is 30.1 Å². The van der Waals surface area contributed by atoms with Crippen LogP contribution in [0.25, 0.3) is 11.1 Å². The Morgan fingerprint density at radius 3 is 2.69 bits per heavy atom. The highest BCUT2D eigenvalue weighted by atomic mass is 19.1. The van der Waals surface area contributed by atoms with E-state index in [2.05, 4.69) is 15.6 Å². The fraction of sp³-hybridized carbons (Fsp3) is 0.286. The molecular weight excluding hydrogens is 375 g/mol. The molecule has 0 spiro atoms. The third-order valence-corrected chi connectivity index (χ3v) is 4.86. The van der Waals surface area contributed by atoms with E-state index in [1.54, 1.807) is 12.1 Å². The van der Waals surface area contributed by atoms with E-state index in [9.17, 15) is 14.0 Å². The molecule has 0 aliphatic carbocycles. The van der Waals surface area contributed by atoms with E-state index in [0.29, 0.717) is 11.3 Å². The van der Waals surface area contributed by atoms with Crippen LogP contribution in [0.1, 0.15) is 12.5 Å². The van der Waals surface area contributed by atoms with Crippen LogP contribution in [0.5, 0.6) is 0 Å². The van der Waals surface area contributed by atoms with E-state index >= 15 is 0 Å². The lowest BCUT2D eigenvalue weighted by molar-refractivity contribution is -0.119. The van der Waals surface area contributed by atoms with Gasteiger partial charge in [-0.2, -0.15) is 0 Å². The zero-order chi connectivity index (χ0) is 20.4. The molecule has 2 aliphatic rings. The second kappa shape index (κ2) is 7.90. The maximum atomic E-state index is 14.8. The van der Waals surface area contributed by atoms with Crippen molar-refractivity contribution in [1.82, 2.24) is 10.6 Å². The fourth-order valence-electron chi connectivity index (χ4n) is 3.40. The number of rotatable bonds is 5. The zero-order valence-electron chi connectivity index (χ0n) is 15.9. The molecule has 2 aromatic carbocycles. The van der Waals surface area contributed by atoms with Crippen LogP contribution in [0, 0.1) is 5.82 Å². The molecule has 1 saturated heterocycles. The number of hydrogen-bond donors (Lipinski definition) is 2. The molecule has 1 atom stereocenters. The Labute approximate surface area is 167 Å². The monoisotopic (exact) mass is 396 g/mol. The summed E-state index contributed by atoms with van der Waals surface area (Å²) in [5, 5.41) is 5.83. The average Bonchev–Trinajstić information content (AvgIpc) is 3.36. The molecule has 2 amide bonds. The number of hydrogen-bond acceptors (Lipinski definition) is 5. The number of amidine groups is 1. The van der Waals surface area contributed by atoms with Gasteiger partial charge < -0.3 is 15.4 Å². The van der Waals surface area contributed by atoms with Gasteiger partial charge in [0.05, 0.1) is 25.3 Å². The Balaban J connectivity index is 1.49. The Bertz CT molecular complexity index is 974. The number of aliphatic imine (C=N–C) groups is 1. The lowest BCUT2D eigenvalue weighted by atomic mass is 10.0. The SMILES string of the molecule is CC(=O)NCC1CN(c2ccc(-c3ccc(C4=NCCN4)cc3)c(F)c2)C(=O)O1. The van der Waals surface area contributed by atoms with E-state index < -0.39 is 18.0 Å². The van der Waals surface area contributed by atoms with Gasteiger partial charge in [-0.25, -0.2) is 9.18 Å². The van der Waals surface area contributed by atoms with Crippen LogP contribution in [0.4, 0.5) is 14.9 Å². The Kier molecular flexibility index (Phi) is 5.16. The molecule has 2 aromatic rings. The van der Waals surface area contributed by atoms with E-state index in [4.69, 9.17) is 4.74 Å². The molecular formula is C21H21FN4O3. The molecule has 1 unspecified atom stereocenters. The summed E-state index contributed by atoms with van der Waals surface area (Å²) >= 11 is 0. The third kappa shape index (κ3) is 4.06. The number of cyclic esters (lactones) is 1. The van der Waals surface area contributed by atoms with Crippen molar-refractivity contribution >= 4 is 23.5 Å². The highest BCUT2D eigenvalue weighted by Crippen LogP contribution is 2.29. The first-order valence-corrected chi connectivity index (χ1v) is 9.42. The summed E-state index contributed by atoms with van der Waals surface area (Å²) in [5.74, 6) is 0.232. The van der Waals surface area contributed by atoms with Crippen molar-refractivity contribution in [2.24, 2.45) is 4.99 Å². The van der Waals surface area contributed by atoms with Gasteiger partial charge in [0.15, 0.2) is 0 Å². The van der Waals surface area contributed by atoms with Crippen LogP contribution in [0.3, 0.4) is 0 Å². The number of anilines is 1. The van der Waals surface area contributed by atoms with Gasteiger partial charge in [-0.3, -0.25) is 14.7 Å². The van der Waals surface area contributed by atoms with Crippen molar-refractivity contribution in [3.05, 3.63) is 53.8 Å². The quantitative estimate of drug-likeness (QED) is 0.813. The van der Waals surface area contributed by atoms with Gasteiger partial charge in [-0.05, 0) is 23.8 Å². The van der Waals surface area contributed by atoms with Crippen LogP contribution in [-0.2, 0) is 9.53 Å². The molecule has 0 aromatic heterocycles. The number of nitrogens with one attached hydrogen (secondary N) is 2. The first kappa shape index (κ1) is 18.9. The van der Waals surface area contributed by atoms with Gasteiger partial charge in [0, 0.05) is 24.6 Å². The van der Waals surface area contributed by atoms with Crippen LogP contribution in [0.2, 0.25) is 0 Å². The molecule has 0 bridgehead atoms. The Morgan fingerprint density at radius 1 is 1.28 bits per heavy atom.